The smallest absolute Gasteiger partial charge is 0.407 e. The maximum Gasteiger partial charge on any atom is 0.407 e. The number of esters is 1. The van der Waals surface area contributed by atoms with Gasteiger partial charge in [0.2, 0.25) is 5.91 Å². The van der Waals surface area contributed by atoms with Crippen molar-refractivity contribution in [1.29, 1.82) is 0 Å². The maximum atomic E-state index is 14.0. The van der Waals surface area contributed by atoms with Gasteiger partial charge in [-0.1, -0.05) is 57.9 Å². The summed E-state index contributed by atoms with van der Waals surface area (Å²) in [7, 11) is -3.81. The Bertz CT molecular complexity index is 1540. The van der Waals surface area contributed by atoms with Gasteiger partial charge in [-0.2, -0.15) is 0 Å². The fraction of sp³-hybridized carbons (Fsp3) is 0.605. The van der Waals surface area contributed by atoms with Gasteiger partial charge in [0.1, 0.15) is 23.8 Å². The number of hydrogen-bond donors (Lipinski definition) is 3. The first-order valence-corrected chi connectivity index (χ1v) is 20.1. The van der Waals surface area contributed by atoms with E-state index in [1.165, 1.54) is 6.92 Å². The highest BCUT2D eigenvalue weighted by atomic mass is 32.2. The summed E-state index contributed by atoms with van der Waals surface area (Å²) in [6, 6.07) is 10.1. The summed E-state index contributed by atoms with van der Waals surface area (Å²) in [5.41, 5.74) is 8.94. The Kier molecular flexibility index (Phi) is 17.4. The number of nitrogens with zero attached hydrogens (tertiary/aromatic N) is 1. The number of amides is 2. The molecule has 0 saturated carbocycles. The van der Waals surface area contributed by atoms with Crippen molar-refractivity contribution >= 4 is 27.8 Å². The van der Waals surface area contributed by atoms with Gasteiger partial charge in [-0.25, -0.2) is 22.0 Å². The largest absolute Gasteiger partial charge is 0.459 e. The van der Waals surface area contributed by atoms with Crippen molar-refractivity contribution in [3.05, 3.63) is 70.8 Å². The molecule has 14 heteroatoms. The molecule has 1 aliphatic heterocycles. The van der Waals surface area contributed by atoms with E-state index >= 15 is 0 Å². The van der Waals surface area contributed by atoms with Crippen LogP contribution in [-0.2, 0) is 48.3 Å². The van der Waals surface area contributed by atoms with Gasteiger partial charge in [-0.05, 0) is 54.5 Å². The number of sulfone groups is 1. The van der Waals surface area contributed by atoms with Gasteiger partial charge in [0.25, 0.3) is 0 Å². The van der Waals surface area contributed by atoms with Crippen LogP contribution in [0.4, 0.5) is 13.6 Å². The summed E-state index contributed by atoms with van der Waals surface area (Å²) in [6.07, 6.45) is 1.55. The van der Waals surface area contributed by atoms with Crippen molar-refractivity contribution in [3.63, 3.8) is 0 Å². The summed E-state index contributed by atoms with van der Waals surface area (Å²) < 4.78 is 66.9. The second kappa shape index (κ2) is 21.2. The molecule has 2 amide bonds. The normalized spacial score (nSPS) is 15.6. The van der Waals surface area contributed by atoms with Crippen molar-refractivity contribution in [1.82, 2.24) is 15.5 Å². The number of likely N-dealkylation sites (tertiary alicyclic amines) is 1. The quantitative estimate of drug-likeness (QED) is 0.161. The average molecular weight is 751 g/mol. The van der Waals surface area contributed by atoms with Crippen LogP contribution in [0.1, 0.15) is 82.9 Å². The highest BCUT2D eigenvalue weighted by Crippen LogP contribution is 2.21. The zero-order valence-corrected chi connectivity index (χ0v) is 31.7. The zero-order valence-electron chi connectivity index (χ0n) is 30.9. The van der Waals surface area contributed by atoms with E-state index in [-0.39, 0.29) is 31.0 Å². The summed E-state index contributed by atoms with van der Waals surface area (Å²) in [5, 5.41) is 5.15. The number of aryl methyl sites for hydroxylation is 1. The Morgan fingerprint density at radius 1 is 0.942 bits per heavy atom. The molecule has 2 aromatic carbocycles. The van der Waals surface area contributed by atoms with E-state index in [1.54, 1.807) is 4.90 Å². The molecule has 52 heavy (non-hydrogen) atoms. The molecule has 0 aliphatic carbocycles. The first kappa shape index (κ1) is 42.8. The second-order valence-corrected chi connectivity index (χ2v) is 16.0. The molecule has 3 atom stereocenters. The molecule has 0 aromatic heterocycles. The van der Waals surface area contributed by atoms with E-state index in [0.717, 1.165) is 35.7 Å². The number of nitrogens with two attached hydrogens (primary N) is 1. The summed E-state index contributed by atoms with van der Waals surface area (Å²) in [5.74, 6) is -4.35. The molecule has 0 radical (unpaired) electrons. The molecule has 290 valence electrons. The van der Waals surface area contributed by atoms with Crippen molar-refractivity contribution < 1.29 is 41.1 Å². The number of benzene rings is 2. The van der Waals surface area contributed by atoms with Crippen molar-refractivity contribution in [2.24, 2.45) is 11.7 Å². The summed E-state index contributed by atoms with van der Waals surface area (Å²) in [4.78, 5) is 40.1. The highest BCUT2D eigenvalue weighted by Gasteiger charge is 2.35. The minimum atomic E-state index is -3.81. The highest BCUT2D eigenvalue weighted by molar-refractivity contribution is 7.92. The molecular weight excluding hydrogens is 695 g/mol. The van der Waals surface area contributed by atoms with Gasteiger partial charge in [0.15, 0.2) is 9.84 Å². The molecular formula is C38H56F2N4O7S. The van der Waals surface area contributed by atoms with Gasteiger partial charge in [-0.3, -0.25) is 9.59 Å². The van der Waals surface area contributed by atoms with Gasteiger partial charge in [-0.15, -0.1) is 0 Å². The second-order valence-electron chi connectivity index (χ2n) is 13.6. The van der Waals surface area contributed by atoms with E-state index in [4.69, 9.17) is 15.2 Å². The van der Waals surface area contributed by atoms with Gasteiger partial charge in [0.05, 0.1) is 16.9 Å². The Morgan fingerprint density at radius 2 is 1.58 bits per heavy atom. The molecule has 3 rings (SSSR count). The zero-order chi connectivity index (χ0) is 38.3. The predicted molar refractivity (Wildman–Crippen MR) is 196 cm³/mol. The van der Waals surface area contributed by atoms with E-state index in [2.05, 4.69) is 10.6 Å². The van der Waals surface area contributed by atoms with Crippen LogP contribution in [-0.4, -0.2) is 86.7 Å². The van der Waals surface area contributed by atoms with E-state index in [1.807, 2.05) is 45.0 Å². The SMILES string of the molecule is CCCC(CCC)S(=O)(=O)CC(CNC(=O)OC1CCN(C(C)=O)CC1)C(=O)O[C@H](CNCc1cccc(CC)c1)[C@@H](N)Cc1cc(F)cc(F)c1. The van der Waals surface area contributed by atoms with E-state index in [9.17, 15) is 31.6 Å². The number of alkyl carbamates (subject to hydrolysis) is 1. The van der Waals surface area contributed by atoms with Crippen LogP contribution >= 0.6 is 0 Å². The van der Waals surface area contributed by atoms with E-state index < -0.39 is 68.7 Å². The Balaban J connectivity index is 1.80. The molecule has 1 heterocycles. The molecule has 1 unspecified atom stereocenters. The number of carbonyl (C=O) groups is 3. The third-order valence-electron chi connectivity index (χ3n) is 9.36. The van der Waals surface area contributed by atoms with Crippen LogP contribution in [0.2, 0.25) is 0 Å². The molecule has 0 spiro atoms. The van der Waals surface area contributed by atoms with Crippen LogP contribution in [0, 0.1) is 17.6 Å². The lowest BCUT2D eigenvalue weighted by atomic mass is 10.0. The number of ether oxygens (including phenoxy) is 2. The Hall–Kier alpha value is -3.62. The third kappa shape index (κ3) is 14.1. The lowest BCUT2D eigenvalue weighted by molar-refractivity contribution is -0.154. The fourth-order valence-electron chi connectivity index (χ4n) is 6.44. The molecule has 4 N–H and O–H groups in total. The molecule has 11 nitrogen and oxygen atoms in total. The number of halogens is 2. The number of piperidine rings is 1. The standard InChI is InChI=1S/C38H56F2N4O7S/c1-5-9-34(10-6-2)52(48,49)25-30(23-43-38(47)50-33-13-15-44(16-14-33)26(4)45)37(46)51-36(24-42-22-28-12-8-11-27(7-3)17-28)35(41)20-29-18-31(39)21-32(40)19-29/h8,11-12,17-19,21,30,33-36,42H,5-7,9-10,13-16,20,22-25,41H2,1-4H3,(H,43,47)/t30?,35-,36+/m0/s1. The number of nitrogens with one attached hydrogen (secondary N) is 2. The number of hydrogen-bond acceptors (Lipinski definition) is 9. The number of rotatable bonds is 20. The molecule has 1 saturated heterocycles. The van der Waals surface area contributed by atoms with Crippen molar-refractivity contribution in [2.45, 2.75) is 109 Å². The van der Waals surface area contributed by atoms with Gasteiger partial charge in [0, 0.05) is 64.6 Å². The van der Waals surface area contributed by atoms with Gasteiger partial charge >= 0.3 is 12.1 Å². The molecule has 0 bridgehead atoms. The molecule has 2 aromatic rings. The predicted octanol–water partition coefficient (Wildman–Crippen LogP) is 4.84. The Morgan fingerprint density at radius 3 is 2.17 bits per heavy atom. The minimum absolute atomic E-state index is 0.0370. The first-order valence-electron chi connectivity index (χ1n) is 18.4. The average Bonchev–Trinajstić information content (AvgIpc) is 3.09. The molecule has 1 fully saturated rings. The van der Waals surface area contributed by atoms with Crippen molar-refractivity contribution in [2.75, 3.05) is 31.9 Å². The van der Waals surface area contributed by atoms with E-state index in [0.29, 0.717) is 58.2 Å². The van der Waals surface area contributed by atoms with Crippen LogP contribution in [0.5, 0.6) is 0 Å². The molecule has 1 aliphatic rings. The maximum absolute atomic E-state index is 14.0. The van der Waals surface area contributed by atoms with Crippen LogP contribution in [0.3, 0.4) is 0 Å². The minimum Gasteiger partial charge on any atom is -0.459 e. The van der Waals surface area contributed by atoms with Crippen LogP contribution in [0.25, 0.3) is 0 Å². The lowest BCUT2D eigenvalue weighted by Crippen LogP contribution is -2.48. The van der Waals surface area contributed by atoms with Crippen molar-refractivity contribution in [3.8, 4) is 0 Å². The fourth-order valence-corrected chi connectivity index (χ4v) is 8.72. The van der Waals surface area contributed by atoms with Crippen LogP contribution in [0.15, 0.2) is 42.5 Å². The van der Waals surface area contributed by atoms with Gasteiger partial charge < -0.3 is 30.7 Å². The topological polar surface area (TPSA) is 157 Å². The lowest BCUT2D eigenvalue weighted by Gasteiger charge is -2.31. The number of carbonyl (C=O) groups excluding carboxylic acids is 3. The first-order chi connectivity index (χ1) is 24.7. The third-order valence-corrected chi connectivity index (χ3v) is 11.7. The summed E-state index contributed by atoms with van der Waals surface area (Å²) >= 11 is 0. The monoisotopic (exact) mass is 750 g/mol. The van der Waals surface area contributed by atoms with Crippen LogP contribution < -0.4 is 16.4 Å². The summed E-state index contributed by atoms with van der Waals surface area (Å²) in [6.45, 7) is 8.30. The Labute approximate surface area is 307 Å².